The monoisotopic (exact) mass is 383 g/mol. The summed E-state index contributed by atoms with van der Waals surface area (Å²) in [5, 5.41) is 7.84. The molecule has 1 aliphatic rings. The second-order valence-corrected chi connectivity index (χ2v) is 7.04. The smallest absolute Gasteiger partial charge is 0.255 e. The normalized spacial score (nSPS) is 12.8. The minimum atomic E-state index is -0.193. The first kappa shape index (κ1) is 17.5. The molecule has 0 bridgehead atoms. The van der Waals surface area contributed by atoms with Crippen LogP contribution in [0.4, 0.5) is 5.82 Å². The maximum Gasteiger partial charge on any atom is 0.255 e. The van der Waals surface area contributed by atoms with Gasteiger partial charge in [0.25, 0.3) is 5.56 Å². The maximum atomic E-state index is 12.4. The summed E-state index contributed by atoms with van der Waals surface area (Å²) in [5.74, 6) is 0.588. The molecular weight excluding hydrogens is 366 g/mol. The quantitative estimate of drug-likeness (QED) is 0.724. The van der Waals surface area contributed by atoms with Crippen molar-refractivity contribution in [1.29, 1.82) is 0 Å². The molecule has 0 spiro atoms. The lowest BCUT2D eigenvalue weighted by atomic mass is 10.1. The van der Waals surface area contributed by atoms with Gasteiger partial charge in [-0.15, -0.1) is 0 Å². The Labute approximate surface area is 160 Å². The van der Waals surface area contributed by atoms with Crippen LogP contribution >= 0.6 is 11.6 Å². The highest BCUT2D eigenvalue weighted by Crippen LogP contribution is 2.19. The molecule has 0 fully saturated rings. The summed E-state index contributed by atoms with van der Waals surface area (Å²) < 4.78 is 1.47. The van der Waals surface area contributed by atoms with Gasteiger partial charge >= 0.3 is 0 Å². The number of amides is 1. The Kier molecular flexibility index (Phi) is 4.53. The van der Waals surface area contributed by atoms with Crippen LogP contribution in [0.5, 0.6) is 0 Å². The molecule has 2 N–H and O–H groups in total. The van der Waals surface area contributed by atoms with Gasteiger partial charge in [0.2, 0.25) is 11.9 Å². The molecule has 0 aliphatic heterocycles. The number of nitrogens with one attached hydrogen (secondary N) is 2. The van der Waals surface area contributed by atoms with E-state index in [0.717, 1.165) is 36.1 Å². The first-order valence-electron chi connectivity index (χ1n) is 8.73. The molecule has 7 nitrogen and oxygen atoms in total. The zero-order chi connectivity index (χ0) is 19.0. The molecule has 0 saturated carbocycles. The van der Waals surface area contributed by atoms with Gasteiger partial charge in [-0.05, 0) is 43.9 Å². The lowest BCUT2D eigenvalue weighted by Gasteiger charge is -2.09. The number of aryl methyl sites for hydroxylation is 2. The van der Waals surface area contributed by atoms with Crippen LogP contribution in [0.15, 0.2) is 35.1 Å². The van der Waals surface area contributed by atoms with E-state index in [0.29, 0.717) is 22.5 Å². The van der Waals surface area contributed by atoms with Crippen LogP contribution in [0.1, 0.15) is 28.9 Å². The minimum absolute atomic E-state index is 0.140. The Morgan fingerprint density at radius 3 is 2.85 bits per heavy atom. The lowest BCUT2D eigenvalue weighted by Crippen LogP contribution is -2.21. The van der Waals surface area contributed by atoms with E-state index in [1.54, 1.807) is 18.2 Å². The zero-order valence-corrected chi connectivity index (χ0v) is 15.5. The number of carbonyl (C=O) groups is 1. The summed E-state index contributed by atoms with van der Waals surface area (Å²) in [7, 11) is 0. The fourth-order valence-electron chi connectivity index (χ4n) is 3.25. The molecule has 2 heterocycles. The predicted molar refractivity (Wildman–Crippen MR) is 103 cm³/mol. The summed E-state index contributed by atoms with van der Waals surface area (Å²) in [5.41, 5.74) is 2.97. The van der Waals surface area contributed by atoms with Crippen LogP contribution in [0.3, 0.4) is 0 Å². The number of fused-ring (bicyclic) bond motifs is 1. The van der Waals surface area contributed by atoms with Crippen molar-refractivity contribution in [3.63, 3.8) is 0 Å². The van der Waals surface area contributed by atoms with Gasteiger partial charge in [0.15, 0.2) is 0 Å². The summed E-state index contributed by atoms with van der Waals surface area (Å²) in [6.07, 6.45) is 2.67. The average Bonchev–Trinajstić information content (AvgIpc) is 3.23. The topological polar surface area (TPSA) is 92.7 Å². The van der Waals surface area contributed by atoms with Gasteiger partial charge in [0, 0.05) is 16.7 Å². The van der Waals surface area contributed by atoms with E-state index in [9.17, 15) is 9.59 Å². The molecule has 1 aromatic carbocycles. The van der Waals surface area contributed by atoms with E-state index >= 15 is 0 Å². The Hall–Kier alpha value is -2.93. The molecule has 3 aromatic rings. The highest BCUT2D eigenvalue weighted by molar-refractivity contribution is 6.30. The Morgan fingerprint density at radius 2 is 2.07 bits per heavy atom. The first-order valence-corrected chi connectivity index (χ1v) is 9.11. The van der Waals surface area contributed by atoms with Crippen LogP contribution in [0.2, 0.25) is 5.02 Å². The molecule has 2 aromatic heterocycles. The lowest BCUT2D eigenvalue weighted by molar-refractivity contribution is -0.115. The number of benzene rings is 1. The van der Waals surface area contributed by atoms with E-state index in [1.165, 1.54) is 4.68 Å². The number of anilines is 1. The molecule has 0 atom stereocenters. The molecule has 0 radical (unpaired) electrons. The number of nitrogens with zero attached hydrogens (tertiary/aromatic N) is 3. The molecule has 8 heteroatoms. The van der Waals surface area contributed by atoms with Crippen molar-refractivity contribution < 1.29 is 4.79 Å². The first-order chi connectivity index (χ1) is 13.0. The number of halogens is 1. The fraction of sp³-hybridized carbons (Fsp3) is 0.263. The van der Waals surface area contributed by atoms with E-state index in [4.69, 9.17) is 11.6 Å². The molecule has 0 saturated heterocycles. The molecular formula is C19H18ClN5O2. The molecule has 1 aliphatic carbocycles. The summed E-state index contributed by atoms with van der Waals surface area (Å²) in [6, 6.07) is 8.86. The number of hydrogen-bond donors (Lipinski definition) is 2. The van der Waals surface area contributed by atoms with E-state index in [-0.39, 0.29) is 17.9 Å². The number of H-pyrrole nitrogens is 1. The van der Waals surface area contributed by atoms with Crippen LogP contribution in [0.25, 0.3) is 5.95 Å². The summed E-state index contributed by atoms with van der Waals surface area (Å²) in [6.45, 7) is 1.82. The number of aromatic amines is 1. The van der Waals surface area contributed by atoms with Gasteiger partial charge in [0.05, 0.1) is 17.8 Å². The number of hydrogen-bond acceptors (Lipinski definition) is 4. The average molecular weight is 384 g/mol. The van der Waals surface area contributed by atoms with Gasteiger partial charge in [-0.2, -0.15) is 9.78 Å². The Morgan fingerprint density at radius 1 is 1.30 bits per heavy atom. The molecule has 27 heavy (non-hydrogen) atoms. The van der Waals surface area contributed by atoms with Gasteiger partial charge in [-0.1, -0.05) is 23.7 Å². The Bertz CT molecular complexity index is 1070. The van der Waals surface area contributed by atoms with E-state index in [1.807, 2.05) is 19.1 Å². The number of aromatic nitrogens is 4. The second kappa shape index (κ2) is 7.00. The largest absolute Gasteiger partial charge is 0.310 e. The third-order valence-corrected chi connectivity index (χ3v) is 4.76. The highest BCUT2D eigenvalue weighted by Gasteiger charge is 2.20. The molecule has 4 rings (SSSR count). The minimum Gasteiger partial charge on any atom is -0.310 e. The predicted octanol–water partition coefficient (Wildman–Crippen LogP) is 2.59. The number of rotatable bonds is 4. The van der Waals surface area contributed by atoms with Crippen LogP contribution < -0.4 is 10.9 Å². The number of carbonyl (C=O) groups excluding carboxylic acids is 1. The van der Waals surface area contributed by atoms with Crippen molar-refractivity contribution in [2.75, 3.05) is 5.32 Å². The van der Waals surface area contributed by atoms with Gasteiger partial charge in [0.1, 0.15) is 5.82 Å². The van der Waals surface area contributed by atoms with Crippen molar-refractivity contribution in [2.24, 2.45) is 0 Å². The second-order valence-electron chi connectivity index (χ2n) is 6.60. The van der Waals surface area contributed by atoms with Crippen LogP contribution in [-0.2, 0) is 24.1 Å². The van der Waals surface area contributed by atoms with Gasteiger partial charge in [-0.3, -0.25) is 14.6 Å². The van der Waals surface area contributed by atoms with Crippen LogP contribution in [-0.4, -0.2) is 25.7 Å². The SMILES string of the molecule is Cc1cc(NC(=O)Cc2ccc(Cl)cc2)n(-c2nc3c(c(=O)[nH]2)CCC3)n1. The standard InChI is InChI=1S/C19H18ClN5O2/c1-11-9-16(22-17(26)10-12-5-7-13(20)8-6-12)25(24-11)19-21-15-4-2-3-14(15)18(27)23-19/h5-9H,2-4,10H2,1H3,(H,22,26)(H,21,23,27). The van der Waals surface area contributed by atoms with Gasteiger partial charge in [-0.25, -0.2) is 4.98 Å². The third-order valence-electron chi connectivity index (χ3n) is 4.51. The van der Waals surface area contributed by atoms with Crippen LogP contribution in [0, 0.1) is 6.92 Å². The maximum absolute atomic E-state index is 12.4. The van der Waals surface area contributed by atoms with E-state index in [2.05, 4.69) is 20.4 Å². The fourth-order valence-corrected chi connectivity index (χ4v) is 3.38. The van der Waals surface area contributed by atoms with Crippen molar-refractivity contribution in [2.45, 2.75) is 32.6 Å². The van der Waals surface area contributed by atoms with Crippen molar-refractivity contribution >= 4 is 23.3 Å². The molecule has 138 valence electrons. The Balaban J connectivity index is 1.60. The van der Waals surface area contributed by atoms with Crippen molar-refractivity contribution in [3.8, 4) is 5.95 Å². The zero-order valence-electron chi connectivity index (χ0n) is 14.8. The molecule has 1 amide bonds. The summed E-state index contributed by atoms with van der Waals surface area (Å²) >= 11 is 5.87. The highest BCUT2D eigenvalue weighted by atomic mass is 35.5. The van der Waals surface area contributed by atoms with E-state index < -0.39 is 0 Å². The molecule has 0 unspecified atom stereocenters. The van der Waals surface area contributed by atoms with Crippen molar-refractivity contribution in [3.05, 3.63) is 68.2 Å². The van der Waals surface area contributed by atoms with Crippen molar-refractivity contribution in [1.82, 2.24) is 19.7 Å². The van der Waals surface area contributed by atoms with Gasteiger partial charge < -0.3 is 5.32 Å². The summed E-state index contributed by atoms with van der Waals surface area (Å²) in [4.78, 5) is 32.0. The third kappa shape index (κ3) is 3.64.